The average molecular weight is 408 g/mol. The molecule has 28 heavy (non-hydrogen) atoms. The van der Waals surface area contributed by atoms with E-state index in [1.54, 1.807) is 20.2 Å². The molecule has 0 bridgehead atoms. The van der Waals surface area contributed by atoms with Crippen LogP contribution in [0.5, 0.6) is 0 Å². The number of nitrogens with zero attached hydrogens (tertiary/aromatic N) is 3. The summed E-state index contributed by atoms with van der Waals surface area (Å²) in [6.45, 7) is 6.56. The van der Waals surface area contributed by atoms with Crippen LogP contribution in [-0.2, 0) is 4.74 Å². The van der Waals surface area contributed by atoms with E-state index in [-0.39, 0.29) is 18.1 Å². The molecule has 8 nitrogen and oxygen atoms in total. The van der Waals surface area contributed by atoms with Gasteiger partial charge in [0, 0.05) is 13.6 Å². The molecule has 154 valence electrons. The third-order valence-electron chi connectivity index (χ3n) is 4.18. The monoisotopic (exact) mass is 407 g/mol. The minimum Gasteiger partial charge on any atom is -0.468 e. The molecule has 2 heterocycles. The zero-order chi connectivity index (χ0) is 20.7. The number of guanidine groups is 1. The van der Waals surface area contributed by atoms with Gasteiger partial charge in [-0.05, 0) is 47.0 Å². The fourth-order valence-corrected chi connectivity index (χ4v) is 3.62. The number of thiazole rings is 1. The molecule has 0 aliphatic rings. The van der Waals surface area contributed by atoms with Gasteiger partial charge in [0.2, 0.25) is 0 Å². The van der Waals surface area contributed by atoms with E-state index in [9.17, 15) is 4.79 Å². The van der Waals surface area contributed by atoms with Crippen molar-refractivity contribution in [1.82, 2.24) is 20.5 Å². The summed E-state index contributed by atoms with van der Waals surface area (Å²) in [5.41, 5.74) is 0.681. The molecule has 9 heteroatoms. The number of ether oxygens (including phenoxy) is 1. The number of aryl methyl sites for hydroxylation is 1. The number of hydrogen-bond acceptors (Lipinski definition) is 7. The van der Waals surface area contributed by atoms with E-state index in [1.807, 2.05) is 40.1 Å². The third kappa shape index (κ3) is 5.56. The third-order valence-corrected chi connectivity index (χ3v) is 5.50. The van der Waals surface area contributed by atoms with Crippen molar-refractivity contribution >= 4 is 23.3 Å². The number of aromatic nitrogens is 1. The number of carbonyl (C=O) groups excluding carboxylic acids is 1. The maximum atomic E-state index is 12.0. The van der Waals surface area contributed by atoms with Crippen LogP contribution in [0.25, 0.3) is 0 Å². The lowest BCUT2D eigenvalue weighted by atomic mass is 10.2. The van der Waals surface area contributed by atoms with Gasteiger partial charge in [0.1, 0.15) is 15.6 Å². The molecule has 0 saturated heterocycles. The van der Waals surface area contributed by atoms with Gasteiger partial charge >= 0.3 is 5.97 Å². The molecule has 0 fully saturated rings. The minimum atomic E-state index is -0.328. The standard InChI is InChI=1S/C19H29N5O3S/c1-7-26-18(25)16-12(2)22-17(28-16)13(3)23-19(20-4)21-11-14(24(5)6)15-9-8-10-27-15/h8-10,13-14H,7,11H2,1-6H3,(H2,20,21,23). The second-order valence-electron chi connectivity index (χ2n) is 6.50. The van der Waals surface area contributed by atoms with Crippen molar-refractivity contribution in [1.29, 1.82) is 0 Å². The second kappa shape index (κ2) is 10.2. The Labute approximate surface area is 170 Å². The van der Waals surface area contributed by atoms with E-state index in [2.05, 4.69) is 25.5 Å². The van der Waals surface area contributed by atoms with E-state index < -0.39 is 0 Å². The smallest absolute Gasteiger partial charge is 0.350 e. The van der Waals surface area contributed by atoms with Gasteiger partial charge in [0.15, 0.2) is 5.96 Å². The summed E-state index contributed by atoms with van der Waals surface area (Å²) >= 11 is 1.34. The number of furan rings is 1. The van der Waals surface area contributed by atoms with Crippen LogP contribution < -0.4 is 10.6 Å². The Morgan fingerprint density at radius 2 is 2.21 bits per heavy atom. The number of nitrogens with one attached hydrogen (secondary N) is 2. The highest BCUT2D eigenvalue weighted by atomic mass is 32.1. The first-order valence-electron chi connectivity index (χ1n) is 9.18. The lowest BCUT2D eigenvalue weighted by Crippen LogP contribution is -2.42. The molecule has 2 aromatic rings. The van der Waals surface area contributed by atoms with Gasteiger partial charge in [-0.3, -0.25) is 9.89 Å². The lowest BCUT2D eigenvalue weighted by molar-refractivity contribution is 0.0531. The summed E-state index contributed by atoms with van der Waals surface area (Å²) in [5, 5.41) is 7.45. The van der Waals surface area contributed by atoms with Crippen molar-refractivity contribution in [3.8, 4) is 0 Å². The minimum absolute atomic E-state index is 0.0707. The Bertz CT molecular complexity index is 786. The molecule has 2 aromatic heterocycles. The molecular formula is C19H29N5O3S. The fraction of sp³-hybridized carbons (Fsp3) is 0.526. The Hall–Kier alpha value is -2.39. The zero-order valence-electron chi connectivity index (χ0n) is 17.3. The SMILES string of the molecule is CCOC(=O)c1sc(C(C)NC(=NC)NCC(c2ccco2)N(C)C)nc1C. The topological polar surface area (TPSA) is 92.0 Å². The van der Waals surface area contributed by atoms with E-state index in [1.165, 1.54) is 11.3 Å². The predicted octanol–water partition coefficient (Wildman–Crippen LogP) is 2.75. The van der Waals surface area contributed by atoms with Crippen molar-refractivity contribution in [2.75, 3.05) is 34.3 Å². The molecule has 2 atom stereocenters. The van der Waals surface area contributed by atoms with Gasteiger partial charge in [-0.25, -0.2) is 9.78 Å². The van der Waals surface area contributed by atoms with Gasteiger partial charge in [0.05, 0.1) is 30.6 Å². The van der Waals surface area contributed by atoms with Crippen LogP contribution in [0.15, 0.2) is 27.8 Å². The first-order chi connectivity index (χ1) is 13.4. The van der Waals surface area contributed by atoms with Crippen LogP contribution in [-0.4, -0.2) is 56.1 Å². The van der Waals surface area contributed by atoms with Crippen molar-refractivity contribution in [3.05, 3.63) is 39.7 Å². The first kappa shape index (κ1) is 21.9. The highest BCUT2D eigenvalue weighted by molar-refractivity contribution is 7.13. The molecule has 0 aliphatic heterocycles. The Morgan fingerprint density at radius 3 is 2.79 bits per heavy atom. The summed E-state index contributed by atoms with van der Waals surface area (Å²) in [4.78, 5) is 23.4. The number of aliphatic imine (C=N–C) groups is 1. The summed E-state index contributed by atoms with van der Waals surface area (Å²) in [5.74, 6) is 1.21. The summed E-state index contributed by atoms with van der Waals surface area (Å²) in [7, 11) is 5.72. The van der Waals surface area contributed by atoms with Gasteiger partial charge < -0.3 is 19.8 Å². The molecule has 2 unspecified atom stereocenters. The van der Waals surface area contributed by atoms with Crippen LogP contribution in [0.1, 0.15) is 52.1 Å². The molecule has 0 amide bonds. The molecular weight excluding hydrogens is 378 g/mol. The molecule has 2 N–H and O–H groups in total. The maximum Gasteiger partial charge on any atom is 0.350 e. The Kier molecular flexibility index (Phi) is 8.01. The number of esters is 1. The van der Waals surface area contributed by atoms with Crippen LogP contribution >= 0.6 is 11.3 Å². The van der Waals surface area contributed by atoms with Crippen molar-refractivity contribution in [3.63, 3.8) is 0 Å². The lowest BCUT2D eigenvalue weighted by Gasteiger charge is -2.24. The largest absolute Gasteiger partial charge is 0.468 e. The van der Waals surface area contributed by atoms with Gasteiger partial charge in [-0.15, -0.1) is 11.3 Å². The van der Waals surface area contributed by atoms with Gasteiger partial charge in [-0.2, -0.15) is 0 Å². The zero-order valence-corrected chi connectivity index (χ0v) is 18.1. The molecule has 0 spiro atoms. The molecule has 2 rings (SSSR count). The van der Waals surface area contributed by atoms with Crippen molar-refractivity contribution < 1.29 is 13.9 Å². The molecule has 0 aromatic carbocycles. The normalized spacial score (nSPS) is 14.0. The van der Waals surface area contributed by atoms with E-state index >= 15 is 0 Å². The van der Waals surface area contributed by atoms with E-state index in [4.69, 9.17) is 9.15 Å². The van der Waals surface area contributed by atoms with Gasteiger partial charge in [-0.1, -0.05) is 0 Å². The number of carbonyl (C=O) groups is 1. The van der Waals surface area contributed by atoms with Crippen LogP contribution in [0.3, 0.4) is 0 Å². The summed E-state index contributed by atoms with van der Waals surface area (Å²) in [6.07, 6.45) is 1.67. The Balaban J connectivity index is 2.00. The highest BCUT2D eigenvalue weighted by Crippen LogP contribution is 2.24. The number of rotatable bonds is 8. The highest BCUT2D eigenvalue weighted by Gasteiger charge is 2.21. The first-order valence-corrected chi connectivity index (χ1v) is 10.00. The molecule has 0 radical (unpaired) electrons. The molecule has 0 aliphatic carbocycles. The molecule has 0 saturated carbocycles. The van der Waals surface area contributed by atoms with Crippen molar-refractivity contribution in [2.24, 2.45) is 4.99 Å². The number of likely N-dealkylation sites (N-methyl/N-ethyl adjacent to an activating group) is 1. The summed E-state index contributed by atoms with van der Waals surface area (Å²) in [6, 6.07) is 3.80. The fourth-order valence-electron chi connectivity index (χ4n) is 2.66. The predicted molar refractivity (Wildman–Crippen MR) is 111 cm³/mol. The van der Waals surface area contributed by atoms with Gasteiger partial charge in [0.25, 0.3) is 0 Å². The van der Waals surface area contributed by atoms with Crippen LogP contribution in [0.4, 0.5) is 0 Å². The average Bonchev–Trinajstić information content (AvgIpc) is 3.30. The summed E-state index contributed by atoms with van der Waals surface area (Å²) < 4.78 is 10.6. The van der Waals surface area contributed by atoms with E-state index in [0.29, 0.717) is 29.7 Å². The Morgan fingerprint density at radius 1 is 1.46 bits per heavy atom. The maximum absolute atomic E-state index is 12.0. The number of hydrogen-bond donors (Lipinski definition) is 2. The van der Waals surface area contributed by atoms with Crippen LogP contribution in [0, 0.1) is 6.92 Å². The second-order valence-corrected chi connectivity index (χ2v) is 7.53. The quantitative estimate of drug-likeness (QED) is 0.395. The van der Waals surface area contributed by atoms with Crippen molar-refractivity contribution in [2.45, 2.75) is 32.9 Å². The van der Waals surface area contributed by atoms with E-state index in [0.717, 1.165) is 10.8 Å². The van der Waals surface area contributed by atoms with Crippen LogP contribution in [0.2, 0.25) is 0 Å².